The highest BCUT2D eigenvalue weighted by Gasteiger charge is 2.31. The smallest absolute Gasteiger partial charge is 0.406 e. The zero-order chi connectivity index (χ0) is 22.2. The molecule has 0 bridgehead atoms. The molecule has 0 amide bonds. The number of ether oxygens (including phenoxy) is 1. The van der Waals surface area contributed by atoms with Crippen LogP contribution in [0.25, 0.3) is 11.1 Å². The zero-order valence-electron chi connectivity index (χ0n) is 16.5. The molecule has 0 aliphatic carbocycles. The number of benzene rings is 3. The number of rotatable bonds is 4. The average molecular weight is 431 g/mol. The Morgan fingerprint density at radius 2 is 1.55 bits per heavy atom. The Hall–Kier alpha value is -3.22. The van der Waals surface area contributed by atoms with Crippen molar-refractivity contribution in [2.24, 2.45) is 4.99 Å². The summed E-state index contributed by atoms with van der Waals surface area (Å²) in [5.74, 6) is -1.48. The molecule has 0 radical (unpaired) electrons. The molecule has 31 heavy (non-hydrogen) atoms. The van der Waals surface area contributed by atoms with Crippen LogP contribution in [0.3, 0.4) is 0 Å². The normalized spacial score (nSPS) is 16.3. The molecule has 7 heteroatoms. The number of nitrogens with zero attached hydrogens (tertiary/aromatic N) is 1. The topological polar surface area (TPSA) is 21.6 Å². The van der Waals surface area contributed by atoms with E-state index in [0.29, 0.717) is 24.1 Å². The van der Waals surface area contributed by atoms with Crippen LogP contribution < -0.4 is 4.74 Å². The van der Waals surface area contributed by atoms with Crippen LogP contribution in [0.4, 0.5) is 22.0 Å². The lowest BCUT2D eigenvalue weighted by molar-refractivity contribution is -0.274. The molecule has 1 atom stereocenters. The van der Waals surface area contributed by atoms with E-state index in [1.807, 2.05) is 24.3 Å². The van der Waals surface area contributed by atoms with Crippen LogP contribution >= 0.6 is 0 Å². The van der Waals surface area contributed by atoms with Crippen LogP contribution in [0.2, 0.25) is 0 Å². The van der Waals surface area contributed by atoms with Gasteiger partial charge in [-0.3, -0.25) is 4.99 Å². The maximum absolute atomic E-state index is 14.0. The van der Waals surface area contributed by atoms with Crippen LogP contribution in [0.1, 0.15) is 35.6 Å². The summed E-state index contributed by atoms with van der Waals surface area (Å²) in [6.07, 6.45) is -3.62. The van der Waals surface area contributed by atoms with Crippen LogP contribution in [0.5, 0.6) is 5.75 Å². The first kappa shape index (κ1) is 21.0. The first-order valence-corrected chi connectivity index (χ1v) is 9.69. The molecule has 2 nitrogen and oxygen atoms in total. The van der Waals surface area contributed by atoms with Gasteiger partial charge in [-0.25, -0.2) is 8.78 Å². The molecule has 3 aromatic rings. The Labute approximate surface area is 176 Å². The van der Waals surface area contributed by atoms with Gasteiger partial charge in [0.15, 0.2) is 0 Å². The Morgan fingerprint density at radius 3 is 2.16 bits per heavy atom. The summed E-state index contributed by atoms with van der Waals surface area (Å²) in [6.45, 7) is 1.55. The van der Waals surface area contributed by atoms with Crippen molar-refractivity contribution in [3.8, 4) is 16.9 Å². The lowest BCUT2D eigenvalue weighted by atomic mass is 9.98. The molecule has 3 aromatic carbocycles. The second-order valence-corrected chi connectivity index (χ2v) is 7.38. The summed E-state index contributed by atoms with van der Waals surface area (Å²) >= 11 is 0. The highest BCUT2D eigenvalue weighted by atomic mass is 19.4. The van der Waals surface area contributed by atoms with Gasteiger partial charge in [-0.2, -0.15) is 0 Å². The Morgan fingerprint density at radius 1 is 0.903 bits per heavy atom. The predicted molar refractivity (Wildman–Crippen MR) is 108 cm³/mol. The van der Waals surface area contributed by atoms with Gasteiger partial charge < -0.3 is 4.74 Å². The monoisotopic (exact) mass is 431 g/mol. The van der Waals surface area contributed by atoms with Crippen molar-refractivity contribution in [3.63, 3.8) is 0 Å². The minimum absolute atomic E-state index is 0.0711. The molecule has 0 N–H and O–H groups in total. The van der Waals surface area contributed by atoms with E-state index in [0.717, 1.165) is 16.7 Å². The molecule has 1 aliphatic rings. The number of hydrogen-bond donors (Lipinski definition) is 0. The number of halogens is 5. The van der Waals surface area contributed by atoms with Crippen LogP contribution in [-0.2, 0) is 0 Å². The molecule has 4 rings (SSSR count). The third-order valence-electron chi connectivity index (χ3n) is 5.25. The lowest BCUT2D eigenvalue weighted by Gasteiger charge is -2.13. The number of aliphatic imine (C=N–C) groups is 1. The summed E-state index contributed by atoms with van der Waals surface area (Å²) in [4.78, 5) is 4.53. The van der Waals surface area contributed by atoms with Crippen molar-refractivity contribution in [3.05, 3.63) is 89.0 Å². The second-order valence-electron chi connectivity index (χ2n) is 7.38. The maximum Gasteiger partial charge on any atom is 0.573 e. The van der Waals surface area contributed by atoms with Gasteiger partial charge >= 0.3 is 6.36 Å². The van der Waals surface area contributed by atoms with Crippen LogP contribution in [0, 0.1) is 18.6 Å². The van der Waals surface area contributed by atoms with Gasteiger partial charge in [0.25, 0.3) is 0 Å². The van der Waals surface area contributed by atoms with Crippen molar-refractivity contribution < 1.29 is 26.7 Å². The van der Waals surface area contributed by atoms with Gasteiger partial charge in [-0.15, -0.1) is 13.2 Å². The van der Waals surface area contributed by atoms with Crippen molar-refractivity contribution in [1.29, 1.82) is 0 Å². The first-order chi connectivity index (χ1) is 14.7. The van der Waals surface area contributed by atoms with Crippen molar-refractivity contribution >= 4 is 5.71 Å². The minimum Gasteiger partial charge on any atom is -0.406 e. The van der Waals surface area contributed by atoms with Crippen molar-refractivity contribution in [2.45, 2.75) is 32.2 Å². The molecule has 0 spiro atoms. The molecule has 1 unspecified atom stereocenters. The van der Waals surface area contributed by atoms with Gasteiger partial charge in [-0.1, -0.05) is 36.4 Å². The van der Waals surface area contributed by atoms with Gasteiger partial charge in [0.05, 0.1) is 11.6 Å². The summed E-state index contributed by atoms with van der Waals surface area (Å²) in [5.41, 5.74) is 3.20. The lowest BCUT2D eigenvalue weighted by Crippen LogP contribution is -2.17. The van der Waals surface area contributed by atoms with Crippen molar-refractivity contribution in [2.75, 3.05) is 0 Å². The standard InChI is InChI=1S/C24H18F5NO/c1-14-13-17(9-12-22(14)31-24(27,28)29)15-5-7-16(8-6-15)20-10-11-21(30-20)23-18(25)3-2-4-19(23)26/h2-9,12-13,20H,10-11H2,1H3. The Kier molecular flexibility index (Phi) is 5.52. The van der Waals surface area contributed by atoms with E-state index < -0.39 is 18.0 Å². The van der Waals surface area contributed by atoms with Crippen LogP contribution in [0.15, 0.2) is 65.7 Å². The third kappa shape index (κ3) is 4.60. The van der Waals surface area contributed by atoms with E-state index in [9.17, 15) is 22.0 Å². The molecule has 1 heterocycles. The summed E-state index contributed by atoms with van der Waals surface area (Å²) in [6, 6.07) is 15.5. The number of aryl methyl sites for hydroxylation is 1. The average Bonchev–Trinajstić information content (AvgIpc) is 3.18. The third-order valence-corrected chi connectivity index (χ3v) is 5.25. The fourth-order valence-electron chi connectivity index (χ4n) is 3.76. The number of alkyl halides is 3. The summed E-state index contributed by atoms with van der Waals surface area (Å²) < 4.78 is 69.4. The van der Waals surface area contributed by atoms with Crippen LogP contribution in [-0.4, -0.2) is 12.1 Å². The van der Waals surface area contributed by atoms with Crippen molar-refractivity contribution in [1.82, 2.24) is 0 Å². The molecule has 0 saturated carbocycles. The van der Waals surface area contributed by atoms with Gasteiger partial charge in [0.1, 0.15) is 17.4 Å². The van der Waals surface area contributed by atoms with E-state index in [4.69, 9.17) is 0 Å². The SMILES string of the molecule is Cc1cc(-c2ccc(C3CCC(c4c(F)cccc4F)=N3)cc2)ccc1OC(F)(F)F. The summed E-state index contributed by atoms with van der Waals surface area (Å²) in [5, 5.41) is 0. The van der Waals surface area contributed by atoms with Gasteiger partial charge in [0, 0.05) is 5.71 Å². The van der Waals surface area contributed by atoms with E-state index in [2.05, 4.69) is 9.73 Å². The fourth-order valence-corrected chi connectivity index (χ4v) is 3.76. The quantitative estimate of drug-likeness (QED) is 0.402. The highest BCUT2D eigenvalue weighted by Crippen LogP contribution is 2.34. The van der Waals surface area contributed by atoms with E-state index >= 15 is 0 Å². The van der Waals surface area contributed by atoms with E-state index in [1.54, 1.807) is 19.1 Å². The molecule has 0 saturated heterocycles. The fraction of sp³-hybridized carbons (Fsp3) is 0.208. The summed E-state index contributed by atoms with van der Waals surface area (Å²) in [7, 11) is 0. The van der Waals surface area contributed by atoms with Gasteiger partial charge in [-0.05, 0) is 66.3 Å². The van der Waals surface area contributed by atoms with E-state index in [1.165, 1.54) is 24.3 Å². The number of hydrogen-bond acceptors (Lipinski definition) is 2. The highest BCUT2D eigenvalue weighted by molar-refractivity contribution is 6.02. The Balaban J connectivity index is 1.54. The first-order valence-electron chi connectivity index (χ1n) is 9.69. The molecule has 160 valence electrons. The second kappa shape index (κ2) is 8.13. The predicted octanol–water partition coefficient (Wildman–Crippen LogP) is 7.16. The zero-order valence-corrected chi connectivity index (χ0v) is 16.5. The molecule has 0 fully saturated rings. The molecular formula is C24H18F5NO. The molecule has 1 aliphatic heterocycles. The molecular weight excluding hydrogens is 413 g/mol. The minimum atomic E-state index is -4.74. The Bertz CT molecular complexity index is 1120. The largest absolute Gasteiger partial charge is 0.573 e. The van der Waals surface area contributed by atoms with Gasteiger partial charge in [0.2, 0.25) is 0 Å². The maximum atomic E-state index is 14.0. The molecule has 0 aromatic heterocycles. The van der Waals surface area contributed by atoms with E-state index in [-0.39, 0.29) is 17.4 Å².